The van der Waals surface area contributed by atoms with E-state index in [4.69, 9.17) is 27.8 Å². The van der Waals surface area contributed by atoms with Gasteiger partial charge in [-0.3, -0.25) is 4.55 Å². The predicted molar refractivity (Wildman–Crippen MR) is 78.0 cm³/mol. The summed E-state index contributed by atoms with van der Waals surface area (Å²) in [5.74, 6) is 0.957. The van der Waals surface area contributed by atoms with Crippen LogP contribution in [0.5, 0.6) is 5.75 Å². The number of anilines is 1. The molecule has 0 unspecified atom stereocenters. The Bertz CT molecular complexity index is 463. The molecule has 0 amide bonds. The maximum Gasteiger partial charge on any atom is 0.446 e. The van der Waals surface area contributed by atoms with Gasteiger partial charge in [-0.05, 0) is 24.3 Å². The van der Waals surface area contributed by atoms with E-state index in [-0.39, 0.29) is 35.3 Å². The SMILES string of the molecule is O=S(=O)(O)Oc1ccc(N(CCCl)CCCl)cc1.[Na]. The summed E-state index contributed by atoms with van der Waals surface area (Å²) in [6, 6.07) is 6.22. The van der Waals surface area contributed by atoms with Crippen LogP contribution >= 0.6 is 23.2 Å². The van der Waals surface area contributed by atoms with Gasteiger partial charge in [-0.15, -0.1) is 23.2 Å². The van der Waals surface area contributed by atoms with Crippen molar-refractivity contribution in [3.05, 3.63) is 24.3 Å². The van der Waals surface area contributed by atoms with Gasteiger partial charge in [0.25, 0.3) is 0 Å². The topological polar surface area (TPSA) is 66.8 Å². The molecule has 5 nitrogen and oxygen atoms in total. The number of halogens is 2. The minimum Gasteiger partial charge on any atom is -0.369 e. The Kier molecular flexibility index (Phi) is 9.43. The minimum absolute atomic E-state index is 0. The van der Waals surface area contributed by atoms with Gasteiger partial charge in [0.1, 0.15) is 5.75 Å². The number of alkyl halides is 2. The molecule has 0 aliphatic rings. The summed E-state index contributed by atoms with van der Waals surface area (Å²) in [6.45, 7) is 1.26. The fourth-order valence-corrected chi connectivity index (χ4v) is 2.17. The average Bonchev–Trinajstić information content (AvgIpc) is 2.28. The van der Waals surface area contributed by atoms with Crippen LogP contribution in [0.25, 0.3) is 0 Å². The van der Waals surface area contributed by atoms with Crippen LogP contribution in [0.4, 0.5) is 5.69 Å². The molecular weight excluding hydrogens is 324 g/mol. The first-order valence-electron chi connectivity index (χ1n) is 5.10. The molecule has 9 heteroatoms. The molecule has 0 aliphatic carbocycles. The molecule has 0 bridgehead atoms. The Morgan fingerprint density at radius 2 is 1.58 bits per heavy atom. The van der Waals surface area contributed by atoms with Gasteiger partial charge in [0.05, 0.1) is 0 Å². The maximum atomic E-state index is 10.5. The summed E-state index contributed by atoms with van der Waals surface area (Å²) >= 11 is 11.4. The molecule has 0 saturated carbocycles. The van der Waals surface area contributed by atoms with Gasteiger partial charge in [-0.25, -0.2) is 0 Å². The maximum absolute atomic E-state index is 10.5. The number of rotatable bonds is 7. The third-order valence-electron chi connectivity index (χ3n) is 2.11. The van der Waals surface area contributed by atoms with Crippen LogP contribution < -0.4 is 9.08 Å². The van der Waals surface area contributed by atoms with E-state index in [2.05, 4.69) is 4.18 Å². The van der Waals surface area contributed by atoms with Gasteiger partial charge in [0, 0.05) is 60.1 Å². The van der Waals surface area contributed by atoms with Crippen molar-refractivity contribution in [2.75, 3.05) is 29.7 Å². The first-order valence-corrected chi connectivity index (χ1v) is 7.53. The zero-order valence-corrected chi connectivity index (χ0v) is 14.7. The molecule has 103 valence electrons. The first kappa shape index (κ1) is 19.3. The molecule has 1 aromatic rings. The van der Waals surface area contributed by atoms with Crippen LogP contribution in [-0.4, -0.2) is 67.4 Å². The van der Waals surface area contributed by atoms with E-state index in [1.165, 1.54) is 12.1 Å². The van der Waals surface area contributed by atoms with Crippen molar-refractivity contribution in [1.29, 1.82) is 0 Å². The quantitative estimate of drug-likeness (QED) is 0.467. The Balaban J connectivity index is 0.00000324. The second-order valence-electron chi connectivity index (χ2n) is 3.37. The van der Waals surface area contributed by atoms with E-state index in [0.29, 0.717) is 24.8 Å². The van der Waals surface area contributed by atoms with Gasteiger partial charge < -0.3 is 9.08 Å². The van der Waals surface area contributed by atoms with Gasteiger partial charge in [0.15, 0.2) is 0 Å². The van der Waals surface area contributed by atoms with Crippen molar-refractivity contribution in [2.45, 2.75) is 0 Å². The molecule has 1 rings (SSSR count). The van der Waals surface area contributed by atoms with E-state index in [0.717, 1.165) is 5.69 Å². The van der Waals surface area contributed by atoms with Crippen LogP contribution in [0, 0.1) is 0 Å². The zero-order valence-electron chi connectivity index (χ0n) is 10.4. The summed E-state index contributed by atoms with van der Waals surface area (Å²) in [7, 11) is -4.49. The Morgan fingerprint density at radius 1 is 1.11 bits per heavy atom. The number of hydrogen-bond acceptors (Lipinski definition) is 4. The Hall–Kier alpha value is 0.310. The summed E-state index contributed by atoms with van der Waals surface area (Å²) in [5.41, 5.74) is 0.846. The fourth-order valence-electron chi connectivity index (χ4n) is 1.41. The number of hydrogen-bond donors (Lipinski definition) is 1. The zero-order chi connectivity index (χ0) is 13.6. The van der Waals surface area contributed by atoms with Gasteiger partial charge in [-0.2, -0.15) is 8.42 Å². The van der Waals surface area contributed by atoms with Gasteiger partial charge in [0.2, 0.25) is 0 Å². The molecule has 0 aliphatic heterocycles. The van der Waals surface area contributed by atoms with E-state index in [1.54, 1.807) is 12.1 Å². The molecule has 1 N–H and O–H groups in total. The second kappa shape index (κ2) is 9.28. The summed E-state index contributed by atoms with van der Waals surface area (Å²) < 4.78 is 33.9. The molecule has 0 saturated heterocycles. The van der Waals surface area contributed by atoms with Crippen molar-refractivity contribution in [2.24, 2.45) is 0 Å². The van der Waals surface area contributed by atoms with Crippen LogP contribution in [0.1, 0.15) is 0 Å². The standard InChI is InChI=1S/C10H13Cl2NO4S.Na/c11-5-7-13(8-6-12)9-1-3-10(4-2-9)17-18(14,15)16;/h1-4H,5-8H2,(H,14,15,16);. The molecular formula is C10H13Cl2NNaO4S. The van der Waals surface area contributed by atoms with E-state index < -0.39 is 10.4 Å². The van der Waals surface area contributed by atoms with Crippen molar-refractivity contribution in [3.63, 3.8) is 0 Å². The fraction of sp³-hybridized carbons (Fsp3) is 0.400. The van der Waals surface area contributed by atoms with Crippen molar-refractivity contribution >= 4 is 68.8 Å². The number of nitrogens with zero attached hydrogens (tertiary/aromatic N) is 1. The molecule has 19 heavy (non-hydrogen) atoms. The van der Waals surface area contributed by atoms with Crippen LogP contribution in [-0.2, 0) is 10.4 Å². The normalized spacial score (nSPS) is 10.7. The first-order chi connectivity index (χ1) is 8.46. The van der Waals surface area contributed by atoms with Gasteiger partial charge >= 0.3 is 10.4 Å². The predicted octanol–water partition coefficient (Wildman–Crippen LogP) is 1.77. The summed E-state index contributed by atoms with van der Waals surface area (Å²) in [4.78, 5) is 1.96. The minimum atomic E-state index is -4.49. The average molecular weight is 337 g/mol. The molecule has 0 aromatic heterocycles. The molecule has 0 heterocycles. The Morgan fingerprint density at radius 3 is 1.95 bits per heavy atom. The molecule has 1 radical (unpaired) electrons. The van der Waals surface area contributed by atoms with E-state index in [9.17, 15) is 8.42 Å². The van der Waals surface area contributed by atoms with Crippen molar-refractivity contribution in [3.8, 4) is 5.75 Å². The molecule has 0 spiro atoms. The molecule has 1 aromatic carbocycles. The smallest absolute Gasteiger partial charge is 0.369 e. The molecule has 0 atom stereocenters. The summed E-state index contributed by atoms with van der Waals surface area (Å²) in [6.07, 6.45) is 0. The third kappa shape index (κ3) is 7.60. The van der Waals surface area contributed by atoms with Crippen LogP contribution in [0.2, 0.25) is 0 Å². The summed E-state index contributed by atoms with van der Waals surface area (Å²) in [5, 5.41) is 0. The van der Waals surface area contributed by atoms with E-state index >= 15 is 0 Å². The second-order valence-corrected chi connectivity index (χ2v) is 5.15. The largest absolute Gasteiger partial charge is 0.446 e. The monoisotopic (exact) mass is 336 g/mol. The third-order valence-corrected chi connectivity index (χ3v) is 2.85. The van der Waals surface area contributed by atoms with Crippen molar-refractivity contribution in [1.82, 2.24) is 0 Å². The van der Waals surface area contributed by atoms with E-state index in [1.807, 2.05) is 4.90 Å². The Labute approximate surface area is 145 Å². The molecule has 0 fully saturated rings. The van der Waals surface area contributed by atoms with Crippen LogP contribution in [0.15, 0.2) is 24.3 Å². The van der Waals surface area contributed by atoms with Gasteiger partial charge in [-0.1, -0.05) is 0 Å². The van der Waals surface area contributed by atoms with Crippen molar-refractivity contribution < 1.29 is 17.2 Å². The number of benzene rings is 1. The van der Waals surface area contributed by atoms with Crippen LogP contribution in [0.3, 0.4) is 0 Å².